The second kappa shape index (κ2) is 6.42. The summed E-state index contributed by atoms with van der Waals surface area (Å²) < 4.78 is 11.3. The van der Waals surface area contributed by atoms with Gasteiger partial charge in [0.2, 0.25) is 11.8 Å². The lowest BCUT2D eigenvalue weighted by atomic mass is 10.2. The number of hydrogen-bond acceptors (Lipinski definition) is 5. The van der Waals surface area contributed by atoms with Crippen molar-refractivity contribution in [1.29, 1.82) is 5.26 Å². The topological polar surface area (TPSA) is 68.0 Å². The molecule has 1 aromatic heterocycles. The number of halogens is 1. The Morgan fingerprint density at radius 1 is 1.24 bits per heavy atom. The summed E-state index contributed by atoms with van der Waals surface area (Å²) in [5.41, 5.74) is 1.15. The fourth-order valence-corrected chi connectivity index (χ4v) is 1.84. The zero-order valence-electron chi connectivity index (χ0n) is 11.9. The van der Waals surface area contributed by atoms with E-state index in [0.29, 0.717) is 33.7 Å². The second-order valence-corrected chi connectivity index (χ2v) is 5.04. The number of ether oxygens (including phenoxy) is 2. The third kappa shape index (κ3) is 3.61. The van der Waals surface area contributed by atoms with E-state index >= 15 is 0 Å². The average molecular weight is 304 g/mol. The van der Waals surface area contributed by atoms with E-state index in [4.69, 9.17) is 26.3 Å². The number of hydrogen-bond donors (Lipinski definition) is 0. The minimum absolute atomic E-state index is 0.00458. The molecule has 2 aromatic rings. The fraction of sp³-hybridized carbons (Fsp3) is 0.267. The smallest absolute Gasteiger partial charge is 0.229 e. The predicted octanol–water partition coefficient (Wildman–Crippen LogP) is 3.89. The van der Waals surface area contributed by atoms with Gasteiger partial charge in [-0.2, -0.15) is 5.26 Å². The first-order valence-corrected chi connectivity index (χ1v) is 6.74. The summed E-state index contributed by atoms with van der Waals surface area (Å²) in [6, 6.07) is 6.81. The molecule has 2 rings (SSSR count). The highest BCUT2D eigenvalue weighted by Crippen LogP contribution is 2.32. The summed E-state index contributed by atoms with van der Waals surface area (Å²) in [4.78, 5) is 8.17. The fourth-order valence-electron chi connectivity index (χ4n) is 1.62. The lowest BCUT2D eigenvalue weighted by molar-refractivity contribution is 0.229. The van der Waals surface area contributed by atoms with Gasteiger partial charge in [-0.3, -0.25) is 0 Å². The van der Waals surface area contributed by atoms with Gasteiger partial charge in [0.1, 0.15) is 12.1 Å². The van der Waals surface area contributed by atoms with Crippen molar-refractivity contribution in [3.8, 4) is 23.6 Å². The maximum absolute atomic E-state index is 8.82. The van der Waals surface area contributed by atoms with Crippen LogP contribution in [0, 0.1) is 18.3 Å². The molecular formula is C15H14ClN3O2. The van der Waals surface area contributed by atoms with Gasteiger partial charge in [0, 0.05) is 0 Å². The molecule has 6 heteroatoms. The van der Waals surface area contributed by atoms with Crippen molar-refractivity contribution in [2.45, 2.75) is 26.9 Å². The molecule has 0 aliphatic carbocycles. The first-order valence-electron chi connectivity index (χ1n) is 6.37. The summed E-state index contributed by atoms with van der Waals surface area (Å²) >= 11 is 6.08. The maximum atomic E-state index is 8.82. The van der Waals surface area contributed by atoms with Gasteiger partial charge in [-0.25, -0.2) is 9.97 Å². The summed E-state index contributed by atoms with van der Waals surface area (Å²) in [6.45, 7) is 5.64. The Morgan fingerprint density at radius 3 is 2.57 bits per heavy atom. The van der Waals surface area contributed by atoms with Crippen molar-refractivity contribution in [2.24, 2.45) is 0 Å². The van der Waals surface area contributed by atoms with Gasteiger partial charge in [0.05, 0.1) is 28.3 Å². The maximum Gasteiger partial charge on any atom is 0.229 e. The van der Waals surface area contributed by atoms with Crippen LogP contribution >= 0.6 is 11.6 Å². The molecule has 0 unspecified atom stereocenters. The highest BCUT2D eigenvalue weighted by Gasteiger charge is 2.13. The Hall–Kier alpha value is -2.32. The number of aromatic nitrogens is 2. The molecule has 0 atom stereocenters. The van der Waals surface area contributed by atoms with Gasteiger partial charge in [0.15, 0.2) is 0 Å². The Kier molecular flexibility index (Phi) is 4.61. The first-order chi connectivity index (χ1) is 10.0. The SMILES string of the molecule is Cc1c(Oc2ccc(C#N)cc2Cl)ncnc1OC(C)C. The molecule has 1 aromatic carbocycles. The van der Waals surface area contributed by atoms with Crippen LogP contribution in [0.5, 0.6) is 17.5 Å². The van der Waals surface area contributed by atoms with Crippen molar-refractivity contribution in [1.82, 2.24) is 9.97 Å². The molecule has 0 saturated carbocycles. The zero-order valence-corrected chi connectivity index (χ0v) is 12.7. The summed E-state index contributed by atoms with van der Waals surface area (Å²) in [5, 5.41) is 9.17. The monoisotopic (exact) mass is 303 g/mol. The number of benzene rings is 1. The molecule has 0 amide bonds. The summed E-state index contributed by atoms with van der Waals surface area (Å²) in [6.07, 6.45) is 1.38. The normalized spacial score (nSPS) is 10.3. The van der Waals surface area contributed by atoms with Gasteiger partial charge in [-0.15, -0.1) is 0 Å². The number of nitriles is 1. The van der Waals surface area contributed by atoms with Crippen LogP contribution in [0.1, 0.15) is 25.0 Å². The van der Waals surface area contributed by atoms with E-state index in [0.717, 1.165) is 0 Å². The minimum atomic E-state index is 0.00458. The Balaban J connectivity index is 2.30. The van der Waals surface area contributed by atoms with Crippen LogP contribution in [0.4, 0.5) is 0 Å². The van der Waals surface area contributed by atoms with Crippen molar-refractivity contribution in [3.63, 3.8) is 0 Å². The average Bonchev–Trinajstić information content (AvgIpc) is 2.44. The molecule has 0 aliphatic heterocycles. The summed E-state index contributed by atoms with van der Waals surface area (Å²) in [5.74, 6) is 1.26. The van der Waals surface area contributed by atoms with Crippen LogP contribution in [0.3, 0.4) is 0 Å². The molecule has 21 heavy (non-hydrogen) atoms. The van der Waals surface area contributed by atoms with Gasteiger partial charge >= 0.3 is 0 Å². The van der Waals surface area contributed by atoms with E-state index < -0.39 is 0 Å². The molecule has 0 spiro atoms. The van der Waals surface area contributed by atoms with Crippen LogP contribution in [0.15, 0.2) is 24.5 Å². The van der Waals surface area contributed by atoms with Crippen LogP contribution in [0.2, 0.25) is 5.02 Å². The molecule has 1 heterocycles. The Labute approximate surface area is 128 Å². The molecule has 0 fully saturated rings. The molecule has 0 saturated heterocycles. The Bertz CT molecular complexity index is 696. The van der Waals surface area contributed by atoms with Gasteiger partial charge in [-0.1, -0.05) is 11.6 Å². The Morgan fingerprint density at radius 2 is 1.95 bits per heavy atom. The third-order valence-corrected chi connectivity index (χ3v) is 2.90. The first kappa shape index (κ1) is 15.1. The molecule has 108 valence electrons. The van der Waals surface area contributed by atoms with E-state index in [1.165, 1.54) is 6.33 Å². The van der Waals surface area contributed by atoms with E-state index in [9.17, 15) is 0 Å². The lowest BCUT2D eigenvalue weighted by Crippen LogP contribution is -2.09. The van der Waals surface area contributed by atoms with Gasteiger partial charge < -0.3 is 9.47 Å². The van der Waals surface area contributed by atoms with Crippen LogP contribution in [-0.2, 0) is 0 Å². The quantitative estimate of drug-likeness (QED) is 0.857. The van der Waals surface area contributed by atoms with E-state index in [1.54, 1.807) is 18.2 Å². The van der Waals surface area contributed by atoms with Gasteiger partial charge in [0.25, 0.3) is 0 Å². The predicted molar refractivity (Wildman–Crippen MR) is 78.8 cm³/mol. The van der Waals surface area contributed by atoms with Crippen LogP contribution in [0.25, 0.3) is 0 Å². The zero-order chi connectivity index (χ0) is 15.4. The molecule has 0 N–H and O–H groups in total. The standard InChI is InChI=1S/C15H14ClN3O2/c1-9(2)20-14-10(3)15(19-8-18-14)21-13-5-4-11(7-17)6-12(13)16/h4-6,8-9H,1-3H3. The third-order valence-electron chi connectivity index (χ3n) is 2.61. The second-order valence-electron chi connectivity index (χ2n) is 4.63. The van der Waals surface area contributed by atoms with E-state index in [1.807, 2.05) is 26.8 Å². The largest absolute Gasteiger partial charge is 0.475 e. The van der Waals surface area contributed by atoms with Crippen molar-refractivity contribution < 1.29 is 9.47 Å². The summed E-state index contributed by atoms with van der Waals surface area (Å²) in [7, 11) is 0. The van der Waals surface area contributed by atoms with Crippen molar-refractivity contribution in [3.05, 3.63) is 40.7 Å². The van der Waals surface area contributed by atoms with Gasteiger partial charge in [-0.05, 0) is 39.0 Å². The highest BCUT2D eigenvalue weighted by atomic mass is 35.5. The highest BCUT2D eigenvalue weighted by molar-refractivity contribution is 6.32. The number of rotatable bonds is 4. The number of nitrogens with zero attached hydrogens (tertiary/aromatic N) is 3. The van der Waals surface area contributed by atoms with E-state index in [-0.39, 0.29) is 6.10 Å². The molecular weight excluding hydrogens is 290 g/mol. The molecule has 0 aliphatic rings. The minimum Gasteiger partial charge on any atom is -0.475 e. The molecule has 0 radical (unpaired) electrons. The van der Waals surface area contributed by atoms with Crippen LogP contribution < -0.4 is 9.47 Å². The van der Waals surface area contributed by atoms with Crippen molar-refractivity contribution in [2.75, 3.05) is 0 Å². The molecule has 0 bridgehead atoms. The molecule has 5 nitrogen and oxygen atoms in total. The van der Waals surface area contributed by atoms with E-state index in [2.05, 4.69) is 9.97 Å². The van der Waals surface area contributed by atoms with Crippen molar-refractivity contribution >= 4 is 11.6 Å². The van der Waals surface area contributed by atoms with Crippen LogP contribution in [-0.4, -0.2) is 16.1 Å². The lowest BCUT2D eigenvalue weighted by Gasteiger charge is -2.13.